The van der Waals surface area contributed by atoms with Crippen molar-refractivity contribution in [3.63, 3.8) is 0 Å². The van der Waals surface area contributed by atoms with Crippen LogP contribution in [0.2, 0.25) is 5.02 Å². The van der Waals surface area contributed by atoms with Crippen molar-refractivity contribution in [1.29, 1.82) is 0 Å². The van der Waals surface area contributed by atoms with Gasteiger partial charge in [0.15, 0.2) is 6.10 Å². The SMILES string of the molecule is COc1ccc(S(=O)(=O)N2C[C@@H](C(=O)NCc3cccc(CN4CCCC4)c3)Oc3ccc(Cl)cc32)cc1. The lowest BCUT2D eigenvalue weighted by Crippen LogP contribution is -2.50. The Bertz CT molecular complexity index is 1410. The van der Waals surface area contributed by atoms with E-state index in [0.29, 0.717) is 17.3 Å². The molecule has 1 N–H and O–H groups in total. The lowest BCUT2D eigenvalue weighted by molar-refractivity contribution is -0.127. The van der Waals surface area contributed by atoms with Crippen LogP contribution in [0.25, 0.3) is 0 Å². The minimum Gasteiger partial charge on any atom is -0.497 e. The van der Waals surface area contributed by atoms with Crippen molar-refractivity contribution in [2.24, 2.45) is 0 Å². The molecule has 0 bridgehead atoms. The standard InChI is InChI=1S/C28H30ClN3O5S/c1-36-23-8-10-24(11-9-23)38(34,35)32-19-27(37-26-12-7-22(29)16-25(26)32)28(33)30-17-20-5-4-6-21(15-20)18-31-13-2-3-14-31/h4-12,15-16,27H,2-3,13-14,17-19H2,1H3,(H,30,33)/t27-/m0/s1. The van der Waals surface area contributed by atoms with Crippen molar-refractivity contribution < 1.29 is 22.7 Å². The number of methoxy groups -OCH3 is 1. The van der Waals surface area contributed by atoms with Crippen molar-refractivity contribution in [2.75, 3.05) is 31.0 Å². The first kappa shape index (κ1) is 26.3. The van der Waals surface area contributed by atoms with Crippen LogP contribution in [0, 0.1) is 0 Å². The average Bonchev–Trinajstić information content (AvgIpc) is 3.44. The van der Waals surface area contributed by atoms with Gasteiger partial charge in [-0.15, -0.1) is 0 Å². The molecule has 1 atom stereocenters. The molecule has 1 amide bonds. The van der Waals surface area contributed by atoms with Gasteiger partial charge in [-0.05, 0) is 79.5 Å². The molecule has 0 unspecified atom stereocenters. The Kier molecular flexibility index (Phi) is 7.78. The number of hydrogen-bond acceptors (Lipinski definition) is 6. The zero-order valence-corrected chi connectivity index (χ0v) is 22.7. The number of nitrogens with zero attached hydrogens (tertiary/aromatic N) is 2. The Morgan fingerprint density at radius 1 is 1.05 bits per heavy atom. The van der Waals surface area contributed by atoms with E-state index < -0.39 is 22.0 Å². The number of hydrogen-bond donors (Lipinski definition) is 1. The van der Waals surface area contributed by atoms with E-state index >= 15 is 0 Å². The number of carbonyl (C=O) groups excluding carboxylic acids is 1. The maximum Gasteiger partial charge on any atom is 0.264 e. The first-order valence-corrected chi connectivity index (χ1v) is 14.4. The molecule has 10 heteroatoms. The van der Waals surface area contributed by atoms with Gasteiger partial charge in [0.05, 0.1) is 24.2 Å². The lowest BCUT2D eigenvalue weighted by Gasteiger charge is -2.35. The van der Waals surface area contributed by atoms with E-state index in [9.17, 15) is 13.2 Å². The number of anilines is 1. The van der Waals surface area contributed by atoms with Crippen molar-refractivity contribution in [2.45, 2.75) is 36.9 Å². The van der Waals surface area contributed by atoms with Gasteiger partial charge in [0.2, 0.25) is 0 Å². The second kappa shape index (κ2) is 11.2. The second-order valence-corrected chi connectivity index (χ2v) is 11.7. The molecule has 3 aromatic carbocycles. The van der Waals surface area contributed by atoms with E-state index in [1.807, 2.05) is 12.1 Å². The molecule has 1 saturated heterocycles. The number of nitrogens with one attached hydrogen (secondary N) is 1. The zero-order chi connectivity index (χ0) is 26.7. The quantitative estimate of drug-likeness (QED) is 0.448. The van der Waals surface area contributed by atoms with Gasteiger partial charge in [-0.25, -0.2) is 8.42 Å². The minimum atomic E-state index is -4.01. The molecule has 0 radical (unpaired) electrons. The van der Waals surface area contributed by atoms with Gasteiger partial charge in [0.1, 0.15) is 11.5 Å². The van der Waals surface area contributed by atoms with Crippen molar-refractivity contribution >= 4 is 33.2 Å². The summed E-state index contributed by atoms with van der Waals surface area (Å²) in [7, 11) is -2.50. The Balaban J connectivity index is 1.33. The zero-order valence-electron chi connectivity index (χ0n) is 21.1. The Hall–Kier alpha value is -3.27. The van der Waals surface area contributed by atoms with Crippen LogP contribution in [0.3, 0.4) is 0 Å². The van der Waals surface area contributed by atoms with E-state index in [4.69, 9.17) is 21.1 Å². The maximum atomic E-state index is 13.6. The molecule has 2 aliphatic heterocycles. The summed E-state index contributed by atoms with van der Waals surface area (Å²) < 4.78 is 39.6. The third-order valence-electron chi connectivity index (χ3n) is 6.79. The van der Waals surface area contributed by atoms with E-state index in [2.05, 4.69) is 22.3 Å². The van der Waals surface area contributed by atoms with E-state index in [1.165, 1.54) is 48.0 Å². The molecule has 0 saturated carbocycles. The highest BCUT2D eigenvalue weighted by Gasteiger charge is 2.37. The van der Waals surface area contributed by atoms with Crippen LogP contribution in [-0.2, 0) is 27.9 Å². The highest BCUT2D eigenvalue weighted by molar-refractivity contribution is 7.92. The molecule has 0 aromatic heterocycles. The third-order valence-corrected chi connectivity index (χ3v) is 8.82. The fourth-order valence-electron chi connectivity index (χ4n) is 4.80. The summed E-state index contributed by atoms with van der Waals surface area (Å²) in [5, 5.41) is 3.28. The van der Waals surface area contributed by atoms with Crippen LogP contribution in [-0.4, -0.2) is 52.1 Å². The average molecular weight is 556 g/mol. The molecule has 3 aromatic rings. The number of sulfonamides is 1. The predicted molar refractivity (Wildman–Crippen MR) is 146 cm³/mol. The summed E-state index contributed by atoms with van der Waals surface area (Å²) in [4.78, 5) is 15.7. The van der Waals surface area contributed by atoms with Crippen molar-refractivity contribution in [1.82, 2.24) is 10.2 Å². The van der Waals surface area contributed by atoms with E-state index in [1.54, 1.807) is 24.3 Å². The fraction of sp³-hybridized carbons (Fsp3) is 0.321. The molecular formula is C28H30ClN3O5S. The molecule has 0 aliphatic carbocycles. The first-order valence-electron chi connectivity index (χ1n) is 12.5. The maximum absolute atomic E-state index is 13.6. The monoisotopic (exact) mass is 555 g/mol. The topological polar surface area (TPSA) is 88.2 Å². The van der Waals surface area contributed by atoms with E-state index in [0.717, 1.165) is 25.2 Å². The molecular weight excluding hydrogens is 526 g/mol. The summed E-state index contributed by atoms with van der Waals surface area (Å²) >= 11 is 6.18. The van der Waals surface area contributed by atoms with Gasteiger partial charge in [-0.3, -0.25) is 14.0 Å². The molecule has 2 heterocycles. The van der Waals surface area contributed by atoms with Crippen LogP contribution in [0.5, 0.6) is 11.5 Å². The molecule has 38 heavy (non-hydrogen) atoms. The molecule has 2 aliphatic rings. The number of benzene rings is 3. The third kappa shape index (κ3) is 5.75. The van der Waals surface area contributed by atoms with E-state index in [-0.39, 0.29) is 22.9 Å². The second-order valence-electron chi connectivity index (χ2n) is 9.45. The number of carbonyl (C=O) groups is 1. The number of fused-ring (bicyclic) bond motifs is 1. The van der Waals surface area contributed by atoms with Crippen LogP contribution < -0.4 is 19.1 Å². The smallest absolute Gasteiger partial charge is 0.264 e. The number of rotatable bonds is 8. The predicted octanol–water partition coefficient (Wildman–Crippen LogP) is 4.22. The summed E-state index contributed by atoms with van der Waals surface area (Å²) in [5.41, 5.74) is 2.46. The number of amides is 1. The number of likely N-dealkylation sites (tertiary alicyclic amines) is 1. The summed E-state index contributed by atoms with van der Waals surface area (Å²) in [6.45, 7) is 3.24. The summed E-state index contributed by atoms with van der Waals surface area (Å²) in [5.74, 6) is 0.409. The number of halogens is 1. The molecule has 8 nitrogen and oxygen atoms in total. The van der Waals surface area contributed by atoms with Gasteiger partial charge in [0, 0.05) is 18.1 Å². The fourth-order valence-corrected chi connectivity index (χ4v) is 6.44. The molecule has 0 spiro atoms. The molecule has 200 valence electrons. The van der Waals surface area contributed by atoms with Gasteiger partial charge in [-0.2, -0.15) is 0 Å². The lowest BCUT2D eigenvalue weighted by atomic mass is 10.1. The highest BCUT2D eigenvalue weighted by Crippen LogP contribution is 2.39. The Morgan fingerprint density at radius 2 is 1.79 bits per heavy atom. The molecule has 1 fully saturated rings. The van der Waals surface area contributed by atoms with Gasteiger partial charge >= 0.3 is 0 Å². The van der Waals surface area contributed by atoms with Crippen LogP contribution in [0.15, 0.2) is 71.6 Å². The van der Waals surface area contributed by atoms with Gasteiger partial charge < -0.3 is 14.8 Å². The van der Waals surface area contributed by atoms with Gasteiger partial charge in [-0.1, -0.05) is 35.9 Å². The summed E-state index contributed by atoms with van der Waals surface area (Å²) in [6, 6.07) is 19.0. The minimum absolute atomic E-state index is 0.0695. The van der Waals surface area contributed by atoms with Gasteiger partial charge in [0.25, 0.3) is 15.9 Å². The van der Waals surface area contributed by atoms with Crippen LogP contribution in [0.4, 0.5) is 5.69 Å². The Morgan fingerprint density at radius 3 is 2.53 bits per heavy atom. The normalized spacial score (nSPS) is 17.5. The highest BCUT2D eigenvalue weighted by atomic mass is 35.5. The Labute approximate surface area is 228 Å². The number of ether oxygens (including phenoxy) is 2. The first-order chi connectivity index (χ1) is 18.3. The van der Waals surface area contributed by atoms with Crippen molar-refractivity contribution in [3.8, 4) is 11.5 Å². The van der Waals surface area contributed by atoms with Crippen LogP contribution >= 0.6 is 11.6 Å². The van der Waals surface area contributed by atoms with Crippen molar-refractivity contribution in [3.05, 3.63) is 82.9 Å². The summed E-state index contributed by atoms with van der Waals surface area (Å²) in [6.07, 6.45) is 1.43. The molecule has 5 rings (SSSR count). The largest absolute Gasteiger partial charge is 0.497 e. The van der Waals surface area contributed by atoms with Crippen LogP contribution in [0.1, 0.15) is 24.0 Å².